The van der Waals surface area contributed by atoms with Crippen LogP contribution in [0.1, 0.15) is 61.8 Å². The molecule has 0 atom stereocenters. The highest BCUT2D eigenvalue weighted by molar-refractivity contribution is 5.79. The van der Waals surface area contributed by atoms with Gasteiger partial charge in [0.2, 0.25) is 0 Å². The molecular formula is C47H44N2. The first-order valence-electron chi connectivity index (χ1n) is 17.4. The second-order valence-corrected chi connectivity index (χ2v) is 13.9. The van der Waals surface area contributed by atoms with Gasteiger partial charge in [0, 0.05) is 17.3 Å². The molecule has 0 unspecified atom stereocenters. The van der Waals surface area contributed by atoms with Crippen molar-refractivity contribution in [1.29, 1.82) is 0 Å². The smallest absolute Gasteiger partial charge is 0.145 e. The van der Waals surface area contributed by atoms with Crippen molar-refractivity contribution in [3.05, 3.63) is 168 Å². The quantitative estimate of drug-likeness (QED) is 0.162. The van der Waals surface area contributed by atoms with Crippen molar-refractivity contribution in [1.82, 2.24) is 9.55 Å². The van der Waals surface area contributed by atoms with Crippen molar-refractivity contribution in [3.8, 4) is 61.7 Å². The average molecular weight is 637 g/mol. The molecule has 49 heavy (non-hydrogen) atoms. The van der Waals surface area contributed by atoms with Crippen molar-refractivity contribution in [3.63, 3.8) is 0 Å². The zero-order chi connectivity index (χ0) is 34.1. The lowest BCUT2D eigenvalue weighted by Gasteiger charge is -2.25. The molecule has 0 saturated carbocycles. The van der Waals surface area contributed by atoms with Gasteiger partial charge in [-0.2, -0.15) is 0 Å². The third kappa shape index (κ3) is 6.52. The van der Waals surface area contributed by atoms with Gasteiger partial charge in [0.25, 0.3) is 0 Å². The molecular weight excluding hydrogens is 593 g/mol. The molecule has 7 rings (SSSR count). The zero-order valence-corrected chi connectivity index (χ0v) is 29.4. The van der Waals surface area contributed by atoms with E-state index in [0.717, 1.165) is 22.6 Å². The Morgan fingerprint density at radius 3 is 1.63 bits per heavy atom. The van der Waals surface area contributed by atoms with Gasteiger partial charge in [-0.15, -0.1) is 0 Å². The van der Waals surface area contributed by atoms with Crippen LogP contribution in [0, 0.1) is 13.8 Å². The normalized spacial score (nSPS) is 11.4. The maximum Gasteiger partial charge on any atom is 0.145 e. The highest BCUT2D eigenvalue weighted by Gasteiger charge is 2.24. The highest BCUT2D eigenvalue weighted by atomic mass is 15.1. The molecule has 0 bridgehead atoms. The van der Waals surface area contributed by atoms with Crippen molar-refractivity contribution in [2.45, 2.75) is 53.4 Å². The summed E-state index contributed by atoms with van der Waals surface area (Å²) in [5.41, 5.74) is 16.9. The van der Waals surface area contributed by atoms with E-state index in [1.54, 1.807) is 0 Å². The monoisotopic (exact) mass is 636 g/mol. The second-order valence-electron chi connectivity index (χ2n) is 13.9. The first-order valence-corrected chi connectivity index (χ1v) is 17.4. The van der Waals surface area contributed by atoms with Crippen LogP contribution in [-0.2, 0) is 0 Å². The summed E-state index contributed by atoms with van der Waals surface area (Å²) in [6.45, 7) is 13.6. The fourth-order valence-electron chi connectivity index (χ4n) is 7.15. The number of aromatic nitrogens is 2. The van der Waals surface area contributed by atoms with E-state index in [0.29, 0.717) is 5.92 Å². The number of hydrogen-bond acceptors (Lipinski definition) is 1. The van der Waals surface area contributed by atoms with Gasteiger partial charge in [-0.05, 0) is 88.4 Å². The Morgan fingerprint density at radius 2 is 1.02 bits per heavy atom. The first-order chi connectivity index (χ1) is 23.8. The Balaban J connectivity index is 1.48. The molecule has 0 fully saturated rings. The molecule has 0 spiro atoms. The predicted molar refractivity (Wildman–Crippen MR) is 208 cm³/mol. The van der Waals surface area contributed by atoms with Crippen molar-refractivity contribution in [2.75, 3.05) is 0 Å². The third-order valence-electron chi connectivity index (χ3n) is 9.44. The minimum absolute atomic E-state index is 0.271. The molecule has 0 saturated heterocycles. The van der Waals surface area contributed by atoms with Crippen LogP contribution in [0.4, 0.5) is 0 Å². The van der Waals surface area contributed by atoms with Crippen molar-refractivity contribution < 1.29 is 0 Å². The molecule has 1 heterocycles. The zero-order valence-electron chi connectivity index (χ0n) is 29.4. The van der Waals surface area contributed by atoms with Crippen LogP contribution in [-0.4, -0.2) is 9.55 Å². The summed E-state index contributed by atoms with van der Waals surface area (Å²) in [5, 5.41) is 0. The van der Waals surface area contributed by atoms with Gasteiger partial charge >= 0.3 is 0 Å². The molecule has 0 radical (unpaired) electrons. The van der Waals surface area contributed by atoms with Gasteiger partial charge in [0.15, 0.2) is 0 Å². The molecule has 242 valence electrons. The number of rotatable bonds is 8. The van der Waals surface area contributed by atoms with Gasteiger partial charge in [0.05, 0.1) is 11.4 Å². The van der Waals surface area contributed by atoms with E-state index in [-0.39, 0.29) is 5.92 Å². The lowest BCUT2D eigenvalue weighted by molar-refractivity contribution is 0.808. The summed E-state index contributed by atoms with van der Waals surface area (Å²) in [5.74, 6) is 1.54. The topological polar surface area (TPSA) is 17.8 Å². The standard InChI is InChI=1S/C47H44N2/c1-31(2)42-24-25-43(38-22-20-37(21-23-38)35-14-9-7-10-15-35)45(32(3)4)46(42)49-30-44(41-27-33(5)26-34(6)28-41)48-47(49)40-19-13-18-39(29-40)36-16-11-8-12-17-36/h7-32H,1-6H3. The summed E-state index contributed by atoms with van der Waals surface area (Å²) >= 11 is 0. The summed E-state index contributed by atoms with van der Waals surface area (Å²) in [7, 11) is 0. The molecule has 1 aromatic heterocycles. The Bertz CT molecular complexity index is 2200. The largest absolute Gasteiger partial charge is 0.299 e. The van der Waals surface area contributed by atoms with E-state index in [4.69, 9.17) is 4.98 Å². The van der Waals surface area contributed by atoms with Gasteiger partial charge in [0.1, 0.15) is 5.82 Å². The molecule has 0 aliphatic rings. The summed E-state index contributed by atoms with van der Waals surface area (Å²) in [6, 6.07) is 50.5. The second kappa shape index (κ2) is 13.6. The molecule has 7 aromatic rings. The van der Waals surface area contributed by atoms with Crippen LogP contribution in [0.5, 0.6) is 0 Å². The highest BCUT2D eigenvalue weighted by Crippen LogP contribution is 2.42. The molecule has 2 heteroatoms. The number of aryl methyl sites for hydroxylation is 2. The lowest BCUT2D eigenvalue weighted by atomic mass is 9.85. The van der Waals surface area contributed by atoms with Crippen LogP contribution in [0.25, 0.3) is 61.7 Å². The number of imidazole rings is 1. The van der Waals surface area contributed by atoms with Crippen LogP contribution in [0.2, 0.25) is 0 Å². The van der Waals surface area contributed by atoms with Gasteiger partial charge in [-0.1, -0.05) is 160 Å². The van der Waals surface area contributed by atoms with Crippen LogP contribution < -0.4 is 0 Å². The van der Waals surface area contributed by atoms with E-state index in [1.165, 1.54) is 61.3 Å². The Morgan fingerprint density at radius 1 is 0.469 bits per heavy atom. The Kier molecular flexibility index (Phi) is 8.89. The molecule has 0 amide bonds. The van der Waals surface area contributed by atoms with E-state index in [9.17, 15) is 0 Å². The van der Waals surface area contributed by atoms with Gasteiger partial charge in [-0.25, -0.2) is 4.98 Å². The van der Waals surface area contributed by atoms with E-state index >= 15 is 0 Å². The fourth-order valence-corrected chi connectivity index (χ4v) is 7.15. The lowest BCUT2D eigenvalue weighted by Crippen LogP contribution is -2.09. The average Bonchev–Trinajstić information content (AvgIpc) is 3.57. The van der Waals surface area contributed by atoms with E-state index in [2.05, 4.69) is 192 Å². The van der Waals surface area contributed by atoms with Gasteiger partial charge < -0.3 is 0 Å². The Hall–Kier alpha value is -5.47. The summed E-state index contributed by atoms with van der Waals surface area (Å²) in [6.07, 6.45) is 2.27. The third-order valence-corrected chi connectivity index (χ3v) is 9.44. The van der Waals surface area contributed by atoms with E-state index < -0.39 is 0 Å². The number of benzene rings is 6. The van der Waals surface area contributed by atoms with Crippen LogP contribution >= 0.6 is 0 Å². The van der Waals surface area contributed by atoms with Crippen molar-refractivity contribution >= 4 is 0 Å². The molecule has 0 aliphatic carbocycles. The minimum atomic E-state index is 0.271. The van der Waals surface area contributed by atoms with Crippen molar-refractivity contribution in [2.24, 2.45) is 0 Å². The predicted octanol–water partition coefficient (Wildman–Crippen LogP) is 13.1. The number of hydrogen-bond donors (Lipinski definition) is 0. The molecule has 0 aliphatic heterocycles. The molecule has 6 aromatic carbocycles. The van der Waals surface area contributed by atoms with E-state index in [1.807, 2.05) is 0 Å². The molecule has 0 N–H and O–H groups in total. The fraction of sp³-hybridized carbons (Fsp3) is 0.170. The maximum atomic E-state index is 5.46. The summed E-state index contributed by atoms with van der Waals surface area (Å²) in [4.78, 5) is 5.46. The van der Waals surface area contributed by atoms with Gasteiger partial charge in [-0.3, -0.25) is 4.57 Å². The minimum Gasteiger partial charge on any atom is -0.299 e. The SMILES string of the molecule is Cc1cc(C)cc(-c2cn(-c3c(C(C)C)ccc(-c4ccc(-c5ccccc5)cc4)c3C(C)C)c(-c3cccc(-c4ccccc4)c3)n2)c1. The summed E-state index contributed by atoms with van der Waals surface area (Å²) < 4.78 is 2.39. The number of nitrogens with zero attached hydrogens (tertiary/aromatic N) is 2. The Labute approximate surface area is 291 Å². The van der Waals surface area contributed by atoms with Crippen LogP contribution in [0.3, 0.4) is 0 Å². The first kappa shape index (κ1) is 32.1. The van der Waals surface area contributed by atoms with Crippen LogP contribution in [0.15, 0.2) is 146 Å². The molecule has 2 nitrogen and oxygen atoms in total. The maximum absolute atomic E-state index is 5.46.